The van der Waals surface area contributed by atoms with Crippen molar-refractivity contribution in [2.24, 2.45) is 0 Å². The molecule has 96 valence electrons. The monoisotopic (exact) mass is 233 g/mol. The summed E-state index contributed by atoms with van der Waals surface area (Å²) in [6, 6.07) is -0.362. The Bertz CT molecular complexity index is 206. The normalized spacial score (nSPS) is 16.6. The SMILES string of the molecule is CCC(NCC(C)(O)CCOC)C(=O)OC. The molecule has 2 atom stereocenters. The van der Waals surface area contributed by atoms with Crippen molar-refractivity contribution in [3.63, 3.8) is 0 Å². The summed E-state index contributed by atoms with van der Waals surface area (Å²) in [5, 5.41) is 12.9. The average Bonchev–Trinajstić information content (AvgIpc) is 2.26. The van der Waals surface area contributed by atoms with Crippen LogP contribution in [0.4, 0.5) is 0 Å². The number of hydrogen-bond acceptors (Lipinski definition) is 5. The minimum absolute atomic E-state index is 0.301. The number of carbonyl (C=O) groups is 1. The standard InChI is InChI=1S/C11H23NO4/c1-5-9(10(13)16-4)12-8-11(2,14)6-7-15-3/h9,12,14H,5-8H2,1-4H3. The largest absolute Gasteiger partial charge is 0.468 e. The Morgan fingerprint density at radius 3 is 2.56 bits per heavy atom. The van der Waals surface area contributed by atoms with Crippen LogP contribution < -0.4 is 5.32 Å². The number of esters is 1. The molecule has 0 saturated carbocycles. The lowest BCUT2D eigenvalue weighted by Crippen LogP contribution is -2.46. The van der Waals surface area contributed by atoms with Crippen molar-refractivity contribution in [3.8, 4) is 0 Å². The van der Waals surface area contributed by atoms with Crippen LogP contribution in [0.1, 0.15) is 26.7 Å². The molecule has 0 radical (unpaired) electrons. The molecule has 5 nitrogen and oxygen atoms in total. The second-order valence-electron chi connectivity index (χ2n) is 4.10. The van der Waals surface area contributed by atoms with Gasteiger partial charge in [0.25, 0.3) is 0 Å². The van der Waals surface area contributed by atoms with Crippen molar-refractivity contribution < 1.29 is 19.4 Å². The van der Waals surface area contributed by atoms with Crippen LogP contribution in [-0.2, 0) is 14.3 Å². The first-order valence-electron chi connectivity index (χ1n) is 5.49. The Morgan fingerprint density at radius 1 is 1.50 bits per heavy atom. The van der Waals surface area contributed by atoms with Gasteiger partial charge in [-0.05, 0) is 13.3 Å². The number of ether oxygens (including phenoxy) is 2. The lowest BCUT2D eigenvalue weighted by atomic mass is 10.0. The third-order valence-corrected chi connectivity index (χ3v) is 2.47. The molecule has 0 amide bonds. The Hall–Kier alpha value is -0.650. The molecule has 0 bridgehead atoms. The molecule has 0 aliphatic heterocycles. The molecule has 0 aromatic rings. The van der Waals surface area contributed by atoms with E-state index >= 15 is 0 Å². The molecule has 16 heavy (non-hydrogen) atoms. The topological polar surface area (TPSA) is 67.8 Å². The predicted molar refractivity (Wildman–Crippen MR) is 61.2 cm³/mol. The van der Waals surface area contributed by atoms with Gasteiger partial charge in [-0.3, -0.25) is 4.79 Å². The molecule has 0 saturated heterocycles. The van der Waals surface area contributed by atoms with Gasteiger partial charge >= 0.3 is 5.97 Å². The maximum atomic E-state index is 11.3. The van der Waals surface area contributed by atoms with E-state index in [0.717, 1.165) is 0 Å². The second kappa shape index (κ2) is 7.60. The summed E-state index contributed by atoms with van der Waals surface area (Å²) in [7, 11) is 2.95. The third kappa shape index (κ3) is 6.05. The van der Waals surface area contributed by atoms with E-state index in [1.165, 1.54) is 7.11 Å². The number of carbonyl (C=O) groups excluding carboxylic acids is 1. The smallest absolute Gasteiger partial charge is 0.322 e. The first kappa shape index (κ1) is 15.3. The summed E-state index contributed by atoms with van der Waals surface area (Å²) in [6.07, 6.45) is 1.15. The minimum atomic E-state index is -0.878. The molecule has 2 N–H and O–H groups in total. The van der Waals surface area contributed by atoms with E-state index in [2.05, 4.69) is 10.1 Å². The summed E-state index contributed by atoms with van der Waals surface area (Å²) >= 11 is 0. The summed E-state index contributed by atoms with van der Waals surface area (Å²) in [5.74, 6) is -0.301. The Labute approximate surface area is 97.1 Å². The molecule has 0 aromatic carbocycles. The van der Waals surface area contributed by atoms with E-state index in [0.29, 0.717) is 26.0 Å². The number of hydrogen-bond donors (Lipinski definition) is 2. The molecule has 0 aliphatic carbocycles. The third-order valence-electron chi connectivity index (χ3n) is 2.47. The summed E-state index contributed by atoms with van der Waals surface area (Å²) in [4.78, 5) is 11.3. The zero-order chi connectivity index (χ0) is 12.6. The van der Waals surface area contributed by atoms with Gasteiger partial charge in [-0.25, -0.2) is 0 Å². The van der Waals surface area contributed by atoms with E-state index in [-0.39, 0.29) is 12.0 Å². The van der Waals surface area contributed by atoms with Crippen molar-refractivity contribution in [1.82, 2.24) is 5.32 Å². The highest BCUT2D eigenvalue weighted by atomic mass is 16.5. The lowest BCUT2D eigenvalue weighted by Gasteiger charge is -2.25. The van der Waals surface area contributed by atoms with Crippen LogP contribution in [0.25, 0.3) is 0 Å². The molecule has 0 rings (SSSR count). The highest BCUT2D eigenvalue weighted by molar-refractivity contribution is 5.75. The predicted octanol–water partition coefficient (Wildman–Crippen LogP) is 0.315. The Balaban J connectivity index is 4.04. The van der Waals surface area contributed by atoms with Crippen molar-refractivity contribution in [2.45, 2.75) is 38.3 Å². The molecule has 0 aliphatic rings. The van der Waals surface area contributed by atoms with Gasteiger partial charge in [0.2, 0.25) is 0 Å². The van der Waals surface area contributed by atoms with Crippen molar-refractivity contribution in [1.29, 1.82) is 0 Å². The van der Waals surface area contributed by atoms with Crippen LogP contribution in [0.3, 0.4) is 0 Å². The van der Waals surface area contributed by atoms with E-state index in [4.69, 9.17) is 4.74 Å². The van der Waals surface area contributed by atoms with Gasteiger partial charge in [-0.1, -0.05) is 6.92 Å². The van der Waals surface area contributed by atoms with Gasteiger partial charge in [-0.15, -0.1) is 0 Å². The molecule has 0 fully saturated rings. The Kier molecular flexibility index (Phi) is 7.29. The number of nitrogens with one attached hydrogen (secondary N) is 1. The number of aliphatic hydroxyl groups is 1. The van der Waals surface area contributed by atoms with Crippen LogP contribution in [0.15, 0.2) is 0 Å². The quantitative estimate of drug-likeness (QED) is 0.591. The zero-order valence-electron chi connectivity index (χ0n) is 10.6. The van der Waals surface area contributed by atoms with E-state index in [1.807, 2.05) is 6.92 Å². The van der Waals surface area contributed by atoms with Gasteiger partial charge in [-0.2, -0.15) is 0 Å². The van der Waals surface area contributed by atoms with Crippen molar-refractivity contribution in [3.05, 3.63) is 0 Å². The van der Waals surface area contributed by atoms with Crippen molar-refractivity contribution in [2.75, 3.05) is 27.4 Å². The molecule has 2 unspecified atom stereocenters. The summed E-state index contributed by atoms with van der Waals surface area (Å²) in [6.45, 7) is 4.43. The molecule has 0 aromatic heterocycles. The molecule has 0 heterocycles. The highest BCUT2D eigenvalue weighted by Gasteiger charge is 2.24. The van der Waals surface area contributed by atoms with Crippen LogP contribution in [0.2, 0.25) is 0 Å². The van der Waals surface area contributed by atoms with Crippen LogP contribution in [0.5, 0.6) is 0 Å². The van der Waals surface area contributed by atoms with Gasteiger partial charge < -0.3 is 19.9 Å². The van der Waals surface area contributed by atoms with Crippen LogP contribution in [0, 0.1) is 0 Å². The van der Waals surface area contributed by atoms with Gasteiger partial charge in [0.1, 0.15) is 6.04 Å². The van der Waals surface area contributed by atoms with E-state index < -0.39 is 5.60 Å². The van der Waals surface area contributed by atoms with Crippen LogP contribution >= 0.6 is 0 Å². The van der Waals surface area contributed by atoms with Crippen molar-refractivity contribution >= 4 is 5.97 Å². The summed E-state index contributed by atoms with van der Waals surface area (Å²) in [5.41, 5.74) is -0.878. The molecule has 0 spiro atoms. The average molecular weight is 233 g/mol. The van der Waals surface area contributed by atoms with Gasteiger partial charge in [0.15, 0.2) is 0 Å². The fraction of sp³-hybridized carbons (Fsp3) is 0.909. The Morgan fingerprint density at radius 2 is 2.12 bits per heavy atom. The van der Waals surface area contributed by atoms with Crippen LogP contribution in [-0.4, -0.2) is 50.1 Å². The summed E-state index contributed by atoms with van der Waals surface area (Å²) < 4.78 is 9.54. The van der Waals surface area contributed by atoms with Gasteiger partial charge in [0.05, 0.1) is 12.7 Å². The lowest BCUT2D eigenvalue weighted by molar-refractivity contribution is -0.143. The zero-order valence-corrected chi connectivity index (χ0v) is 10.6. The molecule has 5 heteroatoms. The molecular weight excluding hydrogens is 210 g/mol. The first-order valence-corrected chi connectivity index (χ1v) is 5.49. The second-order valence-corrected chi connectivity index (χ2v) is 4.10. The number of methoxy groups -OCH3 is 2. The molecular formula is C11H23NO4. The first-order chi connectivity index (χ1) is 7.46. The van der Waals surface area contributed by atoms with E-state index in [9.17, 15) is 9.90 Å². The number of rotatable bonds is 8. The van der Waals surface area contributed by atoms with Gasteiger partial charge in [0, 0.05) is 26.7 Å². The highest BCUT2D eigenvalue weighted by Crippen LogP contribution is 2.08. The maximum Gasteiger partial charge on any atom is 0.322 e. The fourth-order valence-electron chi connectivity index (χ4n) is 1.29. The maximum absolute atomic E-state index is 11.3. The fourth-order valence-corrected chi connectivity index (χ4v) is 1.29. The minimum Gasteiger partial charge on any atom is -0.468 e. The van der Waals surface area contributed by atoms with E-state index in [1.54, 1.807) is 14.0 Å².